The van der Waals surface area contributed by atoms with Gasteiger partial charge in [0.15, 0.2) is 11.6 Å². The Morgan fingerprint density at radius 2 is 1.96 bits per heavy atom. The lowest BCUT2D eigenvalue weighted by atomic mass is 10.0. The van der Waals surface area contributed by atoms with Gasteiger partial charge in [-0.05, 0) is 38.8 Å². The van der Waals surface area contributed by atoms with Gasteiger partial charge in [-0.1, -0.05) is 6.07 Å². The van der Waals surface area contributed by atoms with Crippen molar-refractivity contribution in [3.63, 3.8) is 0 Å². The zero-order chi connectivity index (χ0) is 18.2. The molecule has 1 aromatic carbocycles. The Bertz CT molecular complexity index is 652. The van der Waals surface area contributed by atoms with Crippen molar-refractivity contribution in [1.29, 1.82) is 0 Å². The lowest BCUT2D eigenvalue weighted by molar-refractivity contribution is 0.0240. The highest BCUT2D eigenvalue weighted by molar-refractivity contribution is 5.69. The summed E-state index contributed by atoms with van der Waals surface area (Å²) in [7, 11) is 0. The third kappa shape index (κ3) is 3.98. The molecule has 6 nitrogen and oxygen atoms in total. The maximum atomic E-state index is 14.8. The molecule has 1 amide bonds. The van der Waals surface area contributed by atoms with Crippen LogP contribution in [0.4, 0.5) is 14.9 Å². The number of hydrogen-bond donors (Lipinski definition) is 1. The molecule has 2 heterocycles. The number of nitrogens with zero attached hydrogens (tertiary/aromatic N) is 2. The Hall–Kier alpha value is -2.02. The van der Waals surface area contributed by atoms with E-state index in [-0.39, 0.29) is 18.0 Å². The van der Waals surface area contributed by atoms with Crippen molar-refractivity contribution in [3.05, 3.63) is 23.5 Å². The van der Waals surface area contributed by atoms with Gasteiger partial charge in [-0.2, -0.15) is 0 Å². The smallest absolute Gasteiger partial charge is 0.410 e. The van der Waals surface area contributed by atoms with E-state index in [1.807, 2.05) is 31.7 Å². The van der Waals surface area contributed by atoms with E-state index in [9.17, 15) is 9.18 Å². The summed E-state index contributed by atoms with van der Waals surface area (Å²) in [6.45, 7) is 7.96. The Labute approximate surface area is 147 Å². The first kappa shape index (κ1) is 17.8. The molecule has 0 unspecified atom stereocenters. The lowest BCUT2D eigenvalue weighted by Gasteiger charge is -2.37. The zero-order valence-electron chi connectivity index (χ0n) is 15.0. The fourth-order valence-electron chi connectivity index (χ4n) is 3.13. The van der Waals surface area contributed by atoms with Crippen LogP contribution in [0.15, 0.2) is 12.1 Å². The van der Waals surface area contributed by atoms with E-state index >= 15 is 0 Å². The van der Waals surface area contributed by atoms with E-state index in [1.165, 1.54) is 0 Å². The number of hydrogen-bond acceptors (Lipinski definition) is 5. The first-order chi connectivity index (χ1) is 11.7. The Morgan fingerprint density at radius 1 is 1.28 bits per heavy atom. The van der Waals surface area contributed by atoms with Crippen molar-refractivity contribution in [2.24, 2.45) is 5.73 Å². The molecule has 2 N–H and O–H groups in total. The summed E-state index contributed by atoms with van der Waals surface area (Å²) in [6.07, 6.45) is 0.300. The van der Waals surface area contributed by atoms with Crippen LogP contribution < -0.4 is 15.4 Å². The third-order valence-corrected chi connectivity index (χ3v) is 4.35. The van der Waals surface area contributed by atoms with Gasteiger partial charge < -0.3 is 25.0 Å². The maximum Gasteiger partial charge on any atom is 0.410 e. The normalized spacial score (nSPS) is 20.8. The number of anilines is 1. The molecule has 2 aliphatic rings. The average molecular weight is 351 g/mol. The van der Waals surface area contributed by atoms with Crippen LogP contribution in [0.25, 0.3) is 0 Å². The first-order valence-corrected chi connectivity index (χ1v) is 8.67. The topological polar surface area (TPSA) is 68.0 Å². The van der Waals surface area contributed by atoms with Crippen molar-refractivity contribution in [1.82, 2.24) is 4.90 Å². The van der Waals surface area contributed by atoms with Crippen molar-refractivity contribution in [2.45, 2.75) is 38.8 Å². The molecule has 138 valence electrons. The minimum Gasteiger partial charge on any atom is -0.489 e. The van der Waals surface area contributed by atoms with Crippen LogP contribution in [0.2, 0.25) is 0 Å². The number of ether oxygens (including phenoxy) is 2. The van der Waals surface area contributed by atoms with Crippen LogP contribution in [-0.2, 0) is 11.2 Å². The summed E-state index contributed by atoms with van der Waals surface area (Å²) in [6, 6.07) is 3.57. The highest BCUT2D eigenvalue weighted by Crippen LogP contribution is 2.34. The number of carbonyl (C=O) groups excluding carboxylic acids is 1. The number of benzene rings is 1. The van der Waals surface area contributed by atoms with Gasteiger partial charge in [0.05, 0.1) is 5.69 Å². The molecule has 0 aromatic heterocycles. The highest BCUT2D eigenvalue weighted by atomic mass is 19.1. The van der Waals surface area contributed by atoms with Gasteiger partial charge in [0.25, 0.3) is 0 Å². The number of rotatable bonds is 1. The average Bonchev–Trinajstić information content (AvgIpc) is 2.53. The minimum absolute atomic E-state index is 0.0878. The molecular formula is C18H26FN3O3. The quantitative estimate of drug-likeness (QED) is 0.840. The van der Waals surface area contributed by atoms with Gasteiger partial charge in [-0.15, -0.1) is 0 Å². The van der Waals surface area contributed by atoms with Crippen molar-refractivity contribution < 1.29 is 18.7 Å². The summed E-state index contributed by atoms with van der Waals surface area (Å²) < 4.78 is 25.7. The Morgan fingerprint density at radius 3 is 2.60 bits per heavy atom. The second-order valence-electron chi connectivity index (χ2n) is 7.62. The van der Waals surface area contributed by atoms with E-state index in [1.54, 1.807) is 11.0 Å². The van der Waals surface area contributed by atoms with E-state index in [0.717, 1.165) is 5.56 Å². The number of fused-ring (bicyclic) bond motifs is 1. The second kappa shape index (κ2) is 6.71. The van der Waals surface area contributed by atoms with Crippen molar-refractivity contribution >= 4 is 11.8 Å². The van der Waals surface area contributed by atoms with Gasteiger partial charge in [0, 0.05) is 32.2 Å². The molecule has 3 rings (SSSR count). The summed E-state index contributed by atoms with van der Waals surface area (Å²) in [4.78, 5) is 15.7. The van der Waals surface area contributed by atoms with Crippen LogP contribution >= 0.6 is 0 Å². The molecule has 25 heavy (non-hydrogen) atoms. The summed E-state index contributed by atoms with van der Waals surface area (Å²) in [5.74, 6) is -0.0242. The standard InChI is InChI=1S/C18H26FN3O3/c1-18(2,3)25-17(23)22-8-6-21(7-9-22)14-5-4-12-10-13(20)11-24-16(12)15(14)19/h4-5,13H,6-11,20H2,1-3H3/t13-/m1/s1. The maximum absolute atomic E-state index is 14.8. The molecule has 1 aromatic rings. The lowest BCUT2D eigenvalue weighted by Crippen LogP contribution is -2.50. The molecule has 0 bridgehead atoms. The SMILES string of the molecule is CC(C)(C)OC(=O)N1CCN(c2ccc3c(c2F)OC[C@H](N)C3)CC1. The van der Waals surface area contributed by atoms with Crippen LogP contribution in [-0.4, -0.2) is 55.4 Å². The fourth-order valence-corrected chi connectivity index (χ4v) is 3.13. The van der Waals surface area contributed by atoms with Gasteiger partial charge in [0.2, 0.25) is 0 Å². The number of carbonyl (C=O) groups is 1. The molecule has 1 fully saturated rings. The molecule has 1 saturated heterocycles. The fraction of sp³-hybridized carbons (Fsp3) is 0.611. The molecule has 0 spiro atoms. The molecular weight excluding hydrogens is 325 g/mol. The summed E-state index contributed by atoms with van der Waals surface area (Å²) in [5, 5.41) is 0. The number of halogens is 1. The van der Waals surface area contributed by atoms with E-state index in [4.69, 9.17) is 15.2 Å². The molecule has 1 atom stereocenters. The highest BCUT2D eigenvalue weighted by Gasteiger charge is 2.29. The summed E-state index contributed by atoms with van der Waals surface area (Å²) in [5.41, 5.74) is 6.67. The zero-order valence-corrected chi connectivity index (χ0v) is 15.0. The molecule has 0 aliphatic carbocycles. The molecule has 7 heteroatoms. The molecule has 0 radical (unpaired) electrons. The summed E-state index contributed by atoms with van der Waals surface area (Å²) >= 11 is 0. The van der Waals surface area contributed by atoms with E-state index in [0.29, 0.717) is 50.6 Å². The monoisotopic (exact) mass is 351 g/mol. The van der Waals surface area contributed by atoms with Gasteiger partial charge >= 0.3 is 6.09 Å². The molecule has 2 aliphatic heterocycles. The number of nitrogens with two attached hydrogens (primary N) is 1. The van der Waals surface area contributed by atoms with E-state index < -0.39 is 5.60 Å². The molecule has 0 saturated carbocycles. The Kier molecular flexibility index (Phi) is 4.77. The largest absolute Gasteiger partial charge is 0.489 e. The van der Waals surface area contributed by atoms with Gasteiger partial charge in [-0.3, -0.25) is 0 Å². The predicted molar refractivity (Wildman–Crippen MR) is 93.6 cm³/mol. The second-order valence-corrected chi connectivity index (χ2v) is 7.62. The van der Waals surface area contributed by atoms with Crippen LogP contribution in [0.5, 0.6) is 5.75 Å². The predicted octanol–water partition coefficient (Wildman–Crippen LogP) is 2.15. The van der Waals surface area contributed by atoms with Gasteiger partial charge in [-0.25, -0.2) is 9.18 Å². The van der Waals surface area contributed by atoms with Crippen molar-refractivity contribution in [2.75, 3.05) is 37.7 Å². The van der Waals surface area contributed by atoms with Crippen LogP contribution in [0, 0.1) is 5.82 Å². The van der Waals surface area contributed by atoms with Gasteiger partial charge in [0.1, 0.15) is 12.2 Å². The van der Waals surface area contributed by atoms with E-state index in [2.05, 4.69) is 0 Å². The van der Waals surface area contributed by atoms with Crippen LogP contribution in [0.1, 0.15) is 26.3 Å². The minimum atomic E-state index is -0.517. The first-order valence-electron chi connectivity index (χ1n) is 8.67. The van der Waals surface area contributed by atoms with Crippen molar-refractivity contribution in [3.8, 4) is 5.75 Å². The number of amides is 1. The Balaban J connectivity index is 1.67. The number of piperazine rings is 1. The van der Waals surface area contributed by atoms with Crippen LogP contribution in [0.3, 0.4) is 0 Å². The third-order valence-electron chi connectivity index (χ3n) is 4.35.